The van der Waals surface area contributed by atoms with E-state index in [1.54, 1.807) is 0 Å². The molecule has 0 aromatic heterocycles. The molecule has 4 nitrogen and oxygen atoms in total. The van der Waals surface area contributed by atoms with E-state index in [9.17, 15) is 9.59 Å². The number of Topliss-reactive ketones (excluding diaryl/α,β-unsaturated/α-hetero) is 1. The number of nitrogens with one attached hydrogen (secondary N) is 1. The van der Waals surface area contributed by atoms with Gasteiger partial charge in [0.2, 0.25) is 0 Å². The first-order valence-electron chi connectivity index (χ1n) is 5.97. The van der Waals surface area contributed by atoms with Crippen molar-refractivity contribution in [1.82, 2.24) is 5.32 Å². The molecule has 16 heavy (non-hydrogen) atoms. The lowest BCUT2D eigenvalue weighted by molar-refractivity contribution is -0.145. The number of ketones is 1. The summed E-state index contributed by atoms with van der Waals surface area (Å²) >= 11 is 0. The van der Waals surface area contributed by atoms with Crippen LogP contribution in [0.3, 0.4) is 0 Å². The molecule has 0 spiro atoms. The molecular formula is C12H15NO3. The van der Waals surface area contributed by atoms with Gasteiger partial charge in [-0.2, -0.15) is 0 Å². The van der Waals surface area contributed by atoms with Crippen LogP contribution in [0.4, 0.5) is 0 Å². The second-order valence-corrected chi connectivity index (χ2v) is 6.20. The molecule has 1 saturated carbocycles. The number of fused-ring (bicyclic) bond motifs is 2. The molecular weight excluding hydrogens is 206 g/mol. The maximum Gasteiger partial charge on any atom is 0.311 e. The van der Waals surface area contributed by atoms with Crippen LogP contribution in [0.25, 0.3) is 0 Å². The Morgan fingerprint density at radius 2 is 2.12 bits per heavy atom. The summed E-state index contributed by atoms with van der Waals surface area (Å²) in [5, 5.41) is 3.56. The van der Waals surface area contributed by atoms with Crippen LogP contribution in [0.5, 0.6) is 0 Å². The average Bonchev–Trinajstić information content (AvgIpc) is 2.67. The van der Waals surface area contributed by atoms with Crippen molar-refractivity contribution in [2.45, 2.75) is 44.4 Å². The summed E-state index contributed by atoms with van der Waals surface area (Å²) in [6.45, 7) is 4.25. The van der Waals surface area contributed by atoms with Gasteiger partial charge in [-0.05, 0) is 6.92 Å². The fourth-order valence-corrected chi connectivity index (χ4v) is 4.81. The molecule has 4 aliphatic rings. The number of rotatable bonds is 0. The second kappa shape index (κ2) is 2.21. The van der Waals surface area contributed by atoms with Crippen LogP contribution < -0.4 is 5.32 Å². The van der Waals surface area contributed by atoms with E-state index < -0.39 is 0 Å². The van der Waals surface area contributed by atoms with Crippen LogP contribution in [0.1, 0.15) is 26.7 Å². The second-order valence-electron chi connectivity index (χ2n) is 6.20. The van der Waals surface area contributed by atoms with E-state index in [0.717, 1.165) is 0 Å². The van der Waals surface area contributed by atoms with Crippen molar-refractivity contribution in [3.05, 3.63) is 0 Å². The van der Waals surface area contributed by atoms with Gasteiger partial charge in [0, 0.05) is 29.7 Å². The predicted molar refractivity (Wildman–Crippen MR) is 54.5 cm³/mol. The standard InChI is InChI=1S/C12H15NO3/c1-11-4-5(14)3-6-9-8(13-12(6,11)2)7(11)10(15)16-9/h6-9,13H,3-4H2,1-2H3/t6-,7-,8+,9+,11+,12+/m0/s1. The Morgan fingerprint density at radius 3 is 2.88 bits per heavy atom. The van der Waals surface area contributed by atoms with Crippen LogP contribution in [-0.2, 0) is 14.3 Å². The molecule has 4 heteroatoms. The first-order valence-corrected chi connectivity index (χ1v) is 5.97. The molecule has 1 aliphatic carbocycles. The highest BCUT2D eigenvalue weighted by atomic mass is 16.6. The molecule has 3 saturated heterocycles. The van der Waals surface area contributed by atoms with Crippen molar-refractivity contribution < 1.29 is 14.3 Å². The third-order valence-electron chi connectivity index (χ3n) is 5.71. The largest absolute Gasteiger partial charge is 0.460 e. The lowest BCUT2D eigenvalue weighted by Gasteiger charge is -2.50. The molecule has 2 bridgehead atoms. The van der Waals surface area contributed by atoms with Gasteiger partial charge in [0.15, 0.2) is 0 Å². The first-order chi connectivity index (χ1) is 7.47. The fourth-order valence-electron chi connectivity index (χ4n) is 4.81. The fraction of sp³-hybridized carbons (Fsp3) is 0.833. The van der Waals surface area contributed by atoms with Gasteiger partial charge in [-0.15, -0.1) is 0 Å². The molecule has 6 atom stereocenters. The van der Waals surface area contributed by atoms with Crippen molar-refractivity contribution >= 4 is 11.8 Å². The molecule has 0 aromatic rings. The summed E-state index contributed by atoms with van der Waals surface area (Å²) in [7, 11) is 0. The minimum atomic E-state index is -0.234. The highest BCUT2D eigenvalue weighted by Gasteiger charge is 2.78. The monoisotopic (exact) mass is 221 g/mol. The third-order valence-corrected chi connectivity index (χ3v) is 5.71. The van der Waals surface area contributed by atoms with Gasteiger partial charge in [-0.3, -0.25) is 9.59 Å². The average molecular weight is 221 g/mol. The highest BCUT2D eigenvalue weighted by Crippen LogP contribution is 2.65. The lowest BCUT2D eigenvalue weighted by Crippen LogP contribution is -2.59. The molecule has 1 N–H and O–H groups in total. The Hall–Kier alpha value is -0.900. The number of hydrogen-bond donors (Lipinski definition) is 1. The Morgan fingerprint density at radius 1 is 1.38 bits per heavy atom. The van der Waals surface area contributed by atoms with Gasteiger partial charge in [0.1, 0.15) is 11.9 Å². The summed E-state index contributed by atoms with van der Waals surface area (Å²) in [5.41, 5.74) is -0.325. The Labute approximate surface area is 93.7 Å². The number of hydrogen-bond acceptors (Lipinski definition) is 4. The topological polar surface area (TPSA) is 55.4 Å². The van der Waals surface area contributed by atoms with Crippen molar-refractivity contribution in [3.63, 3.8) is 0 Å². The van der Waals surface area contributed by atoms with E-state index in [2.05, 4.69) is 19.2 Å². The third kappa shape index (κ3) is 0.655. The Bertz CT molecular complexity index is 434. The van der Waals surface area contributed by atoms with Crippen molar-refractivity contribution in [2.24, 2.45) is 17.3 Å². The van der Waals surface area contributed by atoms with Crippen LogP contribution in [0.2, 0.25) is 0 Å². The lowest BCUT2D eigenvalue weighted by atomic mass is 9.51. The molecule has 3 aliphatic heterocycles. The maximum absolute atomic E-state index is 11.9. The zero-order valence-electron chi connectivity index (χ0n) is 9.45. The van der Waals surface area contributed by atoms with E-state index in [4.69, 9.17) is 4.74 Å². The summed E-state index contributed by atoms with van der Waals surface area (Å²) in [5.74, 6) is 0.279. The number of carbonyl (C=O) groups excluding carboxylic acids is 2. The summed E-state index contributed by atoms with van der Waals surface area (Å²) in [6.07, 6.45) is 1.04. The maximum atomic E-state index is 11.9. The molecule has 0 radical (unpaired) electrons. The van der Waals surface area contributed by atoms with E-state index in [1.807, 2.05) is 0 Å². The Balaban J connectivity index is 1.96. The van der Waals surface area contributed by atoms with E-state index >= 15 is 0 Å². The molecule has 0 aromatic carbocycles. The normalized spacial score (nSPS) is 61.6. The molecule has 3 heterocycles. The summed E-state index contributed by atoms with van der Waals surface area (Å²) in [4.78, 5) is 23.7. The van der Waals surface area contributed by atoms with Crippen molar-refractivity contribution in [2.75, 3.05) is 0 Å². The minimum absolute atomic E-state index is 0.0557. The van der Waals surface area contributed by atoms with E-state index in [1.165, 1.54) is 0 Å². The minimum Gasteiger partial charge on any atom is -0.460 e. The number of ether oxygens (including phenoxy) is 1. The van der Waals surface area contributed by atoms with Gasteiger partial charge in [0.05, 0.1) is 12.0 Å². The van der Waals surface area contributed by atoms with Crippen LogP contribution in [-0.4, -0.2) is 29.4 Å². The number of esters is 1. The molecule has 4 fully saturated rings. The molecule has 0 unspecified atom stereocenters. The van der Waals surface area contributed by atoms with E-state index in [0.29, 0.717) is 18.6 Å². The molecule has 86 valence electrons. The molecule has 4 rings (SSSR count). The zero-order chi connectivity index (χ0) is 11.3. The first kappa shape index (κ1) is 9.16. The van der Waals surface area contributed by atoms with Gasteiger partial charge in [-0.25, -0.2) is 0 Å². The molecule has 0 amide bonds. The van der Waals surface area contributed by atoms with Gasteiger partial charge in [-0.1, -0.05) is 6.92 Å². The summed E-state index contributed by atoms with van der Waals surface area (Å²) < 4.78 is 5.48. The van der Waals surface area contributed by atoms with Crippen LogP contribution in [0, 0.1) is 17.3 Å². The van der Waals surface area contributed by atoms with E-state index in [-0.39, 0.29) is 40.9 Å². The Kier molecular flexibility index (Phi) is 1.26. The quantitative estimate of drug-likeness (QED) is 0.596. The van der Waals surface area contributed by atoms with Crippen LogP contribution in [0.15, 0.2) is 0 Å². The SMILES string of the molecule is C[C@@]12CC(=O)C[C@H]3[C@H]4OC(=O)[C@@H]1[C@H]4N[C@]32C. The van der Waals surface area contributed by atoms with Crippen molar-refractivity contribution in [3.8, 4) is 0 Å². The number of carbonyl (C=O) groups is 2. The van der Waals surface area contributed by atoms with Gasteiger partial charge < -0.3 is 10.1 Å². The highest BCUT2D eigenvalue weighted by molar-refractivity contribution is 5.87. The predicted octanol–water partition coefficient (Wildman–Crippen LogP) is 0.257. The van der Waals surface area contributed by atoms with Crippen LogP contribution >= 0.6 is 0 Å². The zero-order valence-corrected chi connectivity index (χ0v) is 9.45. The smallest absolute Gasteiger partial charge is 0.311 e. The van der Waals surface area contributed by atoms with Gasteiger partial charge in [0.25, 0.3) is 0 Å². The van der Waals surface area contributed by atoms with Crippen molar-refractivity contribution in [1.29, 1.82) is 0 Å². The van der Waals surface area contributed by atoms with Gasteiger partial charge >= 0.3 is 5.97 Å². The summed E-state index contributed by atoms with van der Waals surface area (Å²) in [6, 6.07) is 0.153.